The zero-order valence-electron chi connectivity index (χ0n) is 15.3. The lowest BCUT2D eigenvalue weighted by atomic mass is 9.87. The maximum absolute atomic E-state index is 12.5. The van der Waals surface area contributed by atoms with Gasteiger partial charge in [0.2, 0.25) is 5.66 Å². The Labute approximate surface area is 157 Å². The third-order valence-electron chi connectivity index (χ3n) is 5.66. The van der Waals surface area contributed by atoms with Crippen LogP contribution < -0.4 is 22.1 Å². The fraction of sp³-hybridized carbons (Fsp3) is 0.500. The molecular formula is C18H25N6O3+. The summed E-state index contributed by atoms with van der Waals surface area (Å²) in [4.78, 5) is 17.0. The standard InChI is InChI=1S/C18H24N6O3/c1-3-11-13-18(23-16(19)22-13)14(25)12(8-24(18)17(20)21-11)27-15(26)10-6-4-9(2)5-7-10/h4-7,11-14,25H,3,8H2,1-2H3,(H5,19,20,21,22,23)/p+1/t11-,12-,13-,14-,18-/m0/s1. The molecule has 3 heterocycles. The van der Waals surface area contributed by atoms with Crippen LogP contribution in [0.3, 0.4) is 0 Å². The van der Waals surface area contributed by atoms with Crippen molar-refractivity contribution in [2.75, 3.05) is 6.54 Å². The predicted molar refractivity (Wildman–Crippen MR) is 99.2 cm³/mol. The van der Waals surface area contributed by atoms with E-state index >= 15 is 0 Å². The van der Waals surface area contributed by atoms with Gasteiger partial charge >= 0.3 is 11.9 Å². The minimum absolute atomic E-state index is 0.0870. The summed E-state index contributed by atoms with van der Waals surface area (Å²) < 4.78 is 7.41. The van der Waals surface area contributed by atoms with Crippen LogP contribution in [0.15, 0.2) is 29.3 Å². The average Bonchev–Trinajstić information content (AvgIpc) is 3.13. The summed E-state index contributed by atoms with van der Waals surface area (Å²) in [5.74, 6) is 0.158. The van der Waals surface area contributed by atoms with Crippen molar-refractivity contribution in [3.63, 3.8) is 0 Å². The summed E-state index contributed by atoms with van der Waals surface area (Å²) in [6.45, 7) is 4.19. The van der Waals surface area contributed by atoms with Gasteiger partial charge in [-0.15, -0.1) is 0 Å². The highest BCUT2D eigenvalue weighted by atomic mass is 16.6. The number of esters is 1. The van der Waals surface area contributed by atoms with E-state index < -0.39 is 23.8 Å². The molecule has 0 saturated carbocycles. The highest BCUT2D eigenvalue weighted by molar-refractivity contribution is 5.89. The molecule has 4 rings (SSSR count). The maximum Gasteiger partial charge on any atom is 0.345 e. The number of hydrogen-bond acceptors (Lipinski definition) is 8. The number of rotatable bonds is 3. The Balaban J connectivity index is 1.63. The van der Waals surface area contributed by atoms with Crippen LogP contribution in [0.2, 0.25) is 0 Å². The summed E-state index contributed by atoms with van der Waals surface area (Å²) in [6, 6.07) is 6.65. The predicted octanol–water partition coefficient (Wildman–Crippen LogP) is -1.41. The highest BCUT2D eigenvalue weighted by Gasteiger charge is 2.67. The summed E-state index contributed by atoms with van der Waals surface area (Å²) in [7, 11) is 0. The van der Waals surface area contributed by atoms with Gasteiger partial charge in [0, 0.05) is 0 Å². The Morgan fingerprint density at radius 2 is 2.11 bits per heavy atom. The molecule has 7 N–H and O–H groups in total. The number of nitrogens with zero attached hydrogens (tertiary/aromatic N) is 2. The molecule has 0 aliphatic carbocycles. The molecule has 9 nitrogen and oxygen atoms in total. The van der Waals surface area contributed by atoms with Crippen LogP contribution >= 0.6 is 0 Å². The summed E-state index contributed by atoms with van der Waals surface area (Å²) in [5.41, 5.74) is 12.6. The number of guanidine groups is 2. The van der Waals surface area contributed by atoms with Gasteiger partial charge in [-0.25, -0.2) is 14.4 Å². The first-order valence-electron chi connectivity index (χ1n) is 9.10. The maximum atomic E-state index is 12.5. The van der Waals surface area contributed by atoms with Crippen molar-refractivity contribution in [3.05, 3.63) is 35.4 Å². The molecule has 0 unspecified atom stereocenters. The quantitative estimate of drug-likeness (QED) is 0.324. The number of aliphatic hydroxyl groups excluding tert-OH is 1. The number of aliphatic imine (C=N–C) groups is 1. The van der Waals surface area contributed by atoms with Gasteiger partial charge in [0.05, 0.1) is 5.56 Å². The largest absolute Gasteiger partial charge is 0.452 e. The van der Waals surface area contributed by atoms with E-state index in [4.69, 9.17) is 16.2 Å². The molecule has 1 aromatic carbocycles. The molecule has 3 aliphatic heterocycles. The normalized spacial score (nSPS) is 34.3. The topological polar surface area (TPSA) is 138 Å². The SMILES string of the molecule is CC[C@@H]1NC(N)=[N+]2C[C@H](OC(=O)c3ccc(C)cc3)[C@H](O)[C@@]23NC(N)=N[C@@H]13. The van der Waals surface area contributed by atoms with Gasteiger partial charge < -0.3 is 20.9 Å². The number of nitrogens with two attached hydrogens (primary N) is 2. The molecule has 0 aromatic heterocycles. The van der Waals surface area contributed by atoms with Crippen LogP contribution in [0.5, 0.6) is 0 Å². The lowest BCUT2D eigenvalue weighted by Gasteiger charge is -2.39. The van der Waals surface area contributed by atoms with E-state index in [0.29, 0.717) is 11.5 Å². The van der Waals surface area contributed by atoms with E-state index in [1.54, 1.807) is 16.7 Å². The van der Waals surface area contributed by atoms with E-state index in [0.717, 1.165) is 12.0 Å². The highest BCUT2D eigenvalue weighted by Crippen LogP contribution is 2.37. The second-order valence-corrected chi connectivity index (χ2v) is 7.32. The number of hydrogen-bond donors (Lipinski definition) is 5. The molecule has 1 aromatic rings. The van der Waals surface area contributed by atoms with Crippen LogP contribution in [0.1, 0.15) is 29.3 Å². The summed E-state index contributed by atoms with van der Waals surface area (Å²) >= 11 is 0. The molecule has 27 heavy (non-hydrogen) atoms. The van der Waals surface area contributed by atoms with E-state index in [9.17, 15) is 9.90 Å². The molecule has 0 radical (unpaired) electrons. The van der Waals surface area contributed by atoms with Crippen molar-refractivity contribution in [1.29, 1.82) is 0 Å². The first-order chi connectivity index (χ1) is 12.9. The number of ether oxygens (including phenoxy) is 1. The molecule has 0 amide bonds. The smallest absolute Gasteiger partial charge is 0.345 e. The molecule has 3 aliphatic rings. The van der Waals surface area contributed by atoms with Crippen molar-refractivity contribution in [1.82, 2.24) is 10.6 Å². The van der Waals surface area contributed by atoms with Gasteiger partial charge in [0.1, 0.15) is 18.6 Å². The third kappa shape index (κ3) is 2.53. The number of nitrogens with one attached hydrogen (secondary N) is 2. The van der Waals surface area contributed by atoms with Gasteiger partial charge in [-0.05, 0) is 25.5 Å². The fourth-order valence-corrected chi connectivity index (χ4v) is 4.27. The average molecular weight is 373 g/mol. The van der Waals surface area contributed by atoms with Gasteiger partial charge in [-0.1, -0.05) is 24.6 Å². The van der Waals surface area contributed by atoms with Crippen LogP contribution in [-0.4, -0.2) is 64.1 Å². The van der Waals surface area contributed by atoms with Gasteiger partial charge in [-0.2, -0.15) is 0 Å². The second-order valence-electron chi connectivity index (χ2n) is 7.32. The zero-order chi connectivity index (χ0) is 19.3. The summed E-state index contributed by atoms with van der Waals surface area (Å²) in [6.07, 6.45) is -1.07. The Hall–Kier alpha value is -2.81. The summed E-state index contributed by atoms with van der Waals surface area (Å²) in [5, 5.41) is 17.4. The second kappa shape index (κ2) is 6.12. The molecule has 0 bridgehead atoms. The molecule has 1 spiro atoms. The van der Waals surface area contributed by atoms with Gasteiger partial charge in [-0.3, -0.25) is 11.1 Å². The fourth-order valence-electron chi connectivity index (χ4n) is 4.27. The number of aryl methyl sites for hydroxylation is 1. The Bertz CT molecular complexity index is 836. The van der Waals surface area contributed by atoms with Crippen LogP contribution in [0, 0.1) is 6.92 Å². The van der Waals surface area contributed by atoms with Crippen molar-refractivity contribution in [2.24, 2.45) is 16.5 Å². The van der Waals surface area contributed by atoms with Crippen molar-refractivity contribution in [3.8, 4) is 0 Å². The minimum Gasteiger partial charge on any atom is -0.452 e. The van der Waals surface area contributed by atoms with E-state index in [1.807, 2.05) is 26.0 Å². The molecule has 9 heteroatoms. The van der Waals surface area contributed by atoms with Crippen molar-refractivity contribution < 1.29 is 19.2 Å². The lowest BCUT2D eigenvalue weighted by Crippen LogP contribution is -2.74. The van der Waals surface area contributed by atoms with Crippen LogP contribution in [0.4, 0.5) is 0 Å². The number of benzene rings is 1. The van der Waals surface area contributed by atoms with E-state index in [-0.39, 0.29) is 24.6 Å². The Morgan fingerprint density at radius 1 is 1.41 bits per heavy atom. The van der Waals surface area contributed by atoms with Crippen molar-refractivity contribution in [2.45, 2.75) is 50.2 Å². The molecule has 5 atom stereocenters. The Kier molecular flexibility index (Phi) is 3.99. The number of carbonyl (C=O) groups is 1. The lowest BCUT2D eigenvalue weighted by molar-refractivity contribution is -0.608. The molecular weight excluding hydrogens is 348 g/mol. The molecule has 144 valence electrons. The first kappa shape index (κ1) is 17.6. The van der Waals surface area contributed by atoms with Crippen molar-refractivity contribution >= 4 is 17.9 Å². The van der Waals surface area contributed by atoms with E-state index in [2.05, 4.69) is 15.6 Å². The molecule has 1 saturated heterocycles. The van der Waals surface area contributed by atoms with Crippen LogP contribution in [-0.2, 0) is 4.74 Å². The number of aliphatic hydroxyl groups is 1. The zero-order valence-corrected chi connectivity index (χ0v) is 15.3. The molecule has 1 fully saturated rings. The monoisotopic (exact) mass is 373 g/mol. The minimum atomic E-state index is -1.05. The van der Waals surface area contributed by atoms with Gasteiger partial charge in [0.25, 0.3) is 0 Å². The van der Waals surface area contributed by atoms with Crippen LogP contribution in [0.25, 0.3) is 0 Å². The Morgan fingerprint density at radius 3 is 2.78 bits per heavy atom. The number of carbonyl (C=O) groups excluding carboxylic acids is 1. The third-order valence-corrected chi connectivity index (χ3v) is 5.66. The van der Waals surface area contributed by atoms with Gasteiger partial charge in [0.15, 0.2) is 18.2 Å². The van der Waals surface area contributed by atoms with E-state index in [1.165, 1.54) is 0 Å². The first-order valence-corrected chi connectivity index (χ1v) is 9.10.